The van der Waals surface area contributed by atoms with Crippen LogP contribution in [-0.4, -0.2) is 46.3 Å². The molecule has 2 aromatic rings. The summed E-state index contributed by atoms with van der Waals surface area (Å²) in [4.78, 5) is 18.0. The normalized spacial score (nSPS) is 27.1. The molecule has 1 saturated carbocycles. The summed E-state index contributed by atoms with van der Waals surface area (Å²) in [6.07, 6.45) is 6.89. The Kier molecular flexibility index (Phi) is 6.23. The molecule has 2 aliphatic rings. The summed E-state index contributed by atoms with van der Waals surface area (Å²) in [5.74, 6) is -0.273. The Balaban J connectivity index is 0.00000225. The molecule has 0 spiro atoms. The highest BCUT2D eigenvalue weighted by Crippen LogP contribution is 2.37. The number of piperidine rings is 1. The molecule has 1 aromatic heterocycles. The van der Waals surface area contributed by atoms with Gasteiger partial charge in [0, 0.05) is 31.8 Å². The highest BCUT2D eigenvalue weighted by atomic mass is 35.5. The van der Waals surface area contributed by atoms with Crippen molar-refractivity contribution in [3.8, 4) is 0 Å². The number of aromatic amines is 1. The van der Waals surface area contributed by atoms with Gasteiger partial charge in [0.2, 0.25) is 0 Å². The van der Waals surface area contributed by atoms with Crippen LogP contribution in [0.1, 0.15) is 57.1 Å². The van der Waals surface area contributed by atoms with Crippen LogP contribution in [0.2, 0.25) is 0 Å². The molecule has 0 bridgehead atoms. The van der Waals surface area contributed by atoms with Gasteiger partial charge < -0.3 is 9.72 Å². The summed E-state index contributed by atoms with van der Waals surface area (Å²) in [6.45, 7) is 6.12. The zero-order chi connectivity index (χ0) is 19.2. The third-order valence-corrected chi connectivity index (χ3v) is 6.93. The van der Waals surface area contributed by atoms with Crippen LogP contribution in [0.3, 0.4) is 0 Å². The molecule has 2 fully saturated rings. The number of benzene rings is 1. The van der Waals surface area contributed by atoms with E-state index >= 15 is 0 Å². The monoisotopic (exact) mass is 411 g/mol. The average molecular weight is 412 g/mol. The van der Waals surface area contributed by atoms with Crippen LogP contribution in [0.25, 0.3) is 11.0 Å². The number of ether oxygens (including phenoxy) is 1. The average Bonchev–Trinajstić information content (AvgIpc) is 2.97. The molecule has 7 heteroatoms. The molecular weight excluding hydrogens is 381 g/mol. The van der Waals surface area contributed by atoms with E-state index in [2.05, 4.69) is 16.8 Å². The summed E-state index contributed by atoms with van der Waals surface area (Å²) < 4.78 is 21.2. The third kappa shape index (κ3) is 3.74. The first-order valence-corrected chi connectivity index (χ1v) is 10.1. The summed E-state index contributed by atoms with van der Waals surface area (Å²) in [7, 11) is 1.81. The van der Waals surface area contributed by atoms with Crippen molar-refractivity contribution in [3.63, 3.8) is 0 Å². The minimum atomic E-state index is -0.273. The highest BCUT2D eigenvalue weighted by molar-refractivity contribution is 5.85. The Labute approximate surface area is 171 Å². The van der Waals surface area contributed by atoms with Gasteiger partial charge in [-0.15, -0.1) is 12.4 Å². The largest absolute Gasteiger partial charge is 0.381 e. The van der Waals surface area contributed by atoms with Gasteiger partial charge in [0.1, 0.15) is 5.82 Å². The summed E-state index contributed by atoms with van der Waals surface area (Å²) in [5, 5.41) is 0. The maximum absolute atomic E-state index is 13.8. The number of fused-ring (bicyclic) bond motifs is 1. The zero-order valence-corrected chi connectivity index (χ0v) is 17.8. The Morgan fingerprint density at radius 3 is 2.43 bits per heavy atom. The number of hydrogen-bond donors (Lipinski definition) is 1. The van der Waals surface area contributed by atoms with Crippen LogP contribution in [0.4, 0.5) is 4.39 Å². The quantitative estimate of drug-likeness (QED) is 0.824. The van der Waals surface area contributed by atoms with Crippen LogP contribution < -0.4 is 5.69 Å². The van der Waals surface area contributed by atoms with E-state index in [1.165, 1.54) is 18.9 Å². The van der Waals surface area contributed by atoms with Crippen molar-refractivity contribution in [2.75, 3.05) is 20.2 Å². The number of aryl methyl sites for hydroxylation is 1. The number of nitrogens with one attached hydrogen (secondary N) is 1. The van der Waals surface area contributed by atoms with Crippen molar-refractivity contribution in [3.05, 3.63) is 34.0 Å². The number of halogens is 2. The van der Waals surface area contributed by atoms with E-state index in [-0.39, 0.29) is 35.5 Å². The molecule has 1 aromatic carbocycles. The topological polar surface area (TPSA) is 50.3 Å². The predicted molar refractivity (Wildman–Crippen MR) is 112 cm³/mol. The number of hydrogen-bond acceptors (Lipinski definition) is 3. The number of rotatable bonds is 3. The second kappa shape index (κ2) is 8.17. The molecule has 1 saturated heterocycles. The van der Waals surface area contributed by atoms with Gasteiger partial charge in [-0.3, -0.25) is 9.47 Å². The Morgan fingerprint density at radius 2 is 1.82 bits per heavy atom. The van der Waals surface area contributed by atoms with Gasteiger partial charge in [-0.05, 0) is 70.1 Å². The van der Waals surface area contributed by atoms with Crippen LogP contribution in [0.5, 0.6) is 0 Å². The van der Waals surface area contributed by atoms with Gasteiger partial charge >= 0.3 is 5.69 Å². The number of imidazole rings is 1. The van der Waals surface area contributed by atoms with Crippen molar-refractivity contribution in [2.45, 2.75) is 70.1 Å². The van der Waals surface area contributed by atoms with Gasteiger partial charge in [-0.2, -0.15) is 0 Å². The fraction of sp³-hybridized carbons (Fsp3) is 0.667. The molecule has 1 N–H and O–H groups in total. The van der Waals surface area contributed by atoms with E-state index in [0.29, 0.717) is 17.2 Å². The predicted octanol–water partition coefficient (Wildman–Crippen LogP) is 4.18. The standard InChI is InChI=1S/C21H30FN3O2.ClH/c1-14-12-19-18(13-17(14)22)23-20(26)25(19)15-6-10-24(11-7-15)21(2)8-4-16(27-3)5-9-21;/h12-13,15-16H,4-11H2,1-3H3,(H,23,26);1H/t16-,21-;. The van der Waals surface area contributed by atoms with Crippen LogP contribution in [0.15, 0.2) is 16.9 Å². The van der Waals surface area contributed by atoms with E-state index in [1.807, 2.05) is 11.7 Å². The summed E-state index contributed by atoms with van der Waals surface area (Å²) in [5.41, 5.74) is 2.11. The molecule has 0 unspecified atom stereocenters. The maximum Gasteiger partial charge on any atom is 0.326 e. The second-order valence-electron chi connectivity index (χ2n) is 8.57. The molecule has 0 radical (unpaired) electrons. The van der Waals surface area contributed by atoms with Crippen molar-refractivity contribution >= 4 is 23.4 Å². The first-order chi connectivity index (χ1) is 12.9. The minimum Gasteiger partial charge on any atom is -0.381 e. The zero-order valence-electron chi connectivity index (χ0n) is 17.0. The molecule has 1 aliphatic carbocycles. The maximum atomic E-state index is 13.8. The van der Waals surface area contributed by atoms with Gasteiger partial charge in [0.15, 0.2) is 0 Å². The lowest BCUT2D eigenvalue weighted by molar-refractivity contribution is -0.0146. The first-order valence-electron chi connectivity index (χ1n) is 10.1. The number of H-pyrrole nitrogens is 1. The highest BCUT2D eigenvalue weighted by Gasteiger charge is 2.38. The number of nitrogens with zero attached hydrogens (tertiary/aromatic N) is 2. The molecule has 0 atom stereocenters. The Bertz CT molecular complexity index is 878. The van der Waals surface area contributed by atoms with E-state index < -0.39 is 0 Å². The number of likely N-dealkylation sites (tertiary alicyclic amines) is 1. The number of aromatic nitrogens is 2. The fourth-order valence-corrected chi connectivity index (χ4v) is 5.04. The fourth-order valence-electron chi connectivity index (χ4n) is 5.04. The van der Waals surface area contributed by atoms with Crippen molar-refractivity contribution in [1.82, 2.24) is 14.5 Å². The lowest BCUT2D eigenvalue weighted by Crippen LogP contribution is -2.52. The molecule has 1 aliphatic heterocycles. The van der Waals surface area contributed by atoms with Gasteiger partial charge in [-0.1, -0.05) is 0 Å². The minimum absolute atomic E-state index is 0. The van der Waals surface area contributed by atoms with E-state index in [4.69, 9.17) is 4.74 Å². The van der Waals surface area contributed by atoms with E-state index in [0.717, 1.165) is 44.3 Å². The van der Waals surface area contributed by atoms with Crippen molar-refractivity contribution in [2.24, 2.45) is 0 Å². The summed E-state index contributed by atoms with van der Waals surface area (Å²) in [6, 6.07) is 3.40. The molecular formula is C21H31ClFN3O2. The first kappa shape index (κ1) is 21.3. The SMILES string of the molecule is CO[C@H]1CC[C@](C)(N2CCC(n3c(=O)[nH]c4cc(F)c(C)cc43)CC2)CC1.Cl. The van der Waals surface area contributed by atoms with E-state index in [9.17, 15) is 9.18 Å². The molecule has 0 amide bonds. The van der Waals surface area contributed by atoms with Crippen molar-refractivity contribution < 1.29 is 9.13 Å². The van der Waals surface area contributed by atoms with Crippen molar-refractivity contribution in [1.29, 1.82) is 0 Å². The third-order valence-electron chi connectivity index (χ3n) is 6.93. The second-order valence-corrected chi connectivity index (χ2v) is 8.57. The van der Waals surface area contributed by atoms with Crippen LogP contribution in [0, 0.1) is 12.7 Å². The van der Waals surface area contributed by atoms with Crippen LogP contribution in [-0.2, 0) is 4.74 Å². The smallest absolute Gasteiger partial charge is 0.326 e. The lowest BCUT2D eigenvalue weighted by Gasteiger charge is -2.48. The Morgan fingerprint density at radius 1 is 1.18 bits per heavy atom. The molecule has 28 heavy (non-hydrogen) atoms. The van der Waals surface area contributed by atoms with Crippen LogP contribution >= 0.6 is 12.4 Å². The van der Waals surface area contributed by atoms with E-state index in [1.54, 1.807) is 13.0 Å². The molecule has 156 valence electrons. The Hall–Kier alpha value is -1.37. The number of methoxy groups -OCH3 is 1. The lowest BCUT2D eigenvalue weighted by atomic mass is 9.79. The molecule has 5 nitrogen and oxygen atoms in total. The van der Waals surface area contributed by atoms with Gasteiger partial charge in [0.05, 0.1) is 17.1 Å². The van der Waals surface area contributed by atoms with Gasteiger partial charge in [0.25, 0.3) is 0 Å². The summed E-state index contributed by atoms with van der Waals surface area (Å²) >= 11 is 0. The molecule has 4 rings (SSSR count). The molecule has 2 heterocycles. The van der Waals surface area contributed by atoms with Gasteiger partial charge in [-0.25, -0.2) is 9.18 Å².